The van der Waals surface area contributed by atoms with Crippen LogP contribution in [0.15, 0.2) is 0 Å². The smallest absolute Gasteiger partial charge is 0.0261 e. The molecule has 2 heterocycles. The number of likely N-dealkylation sites (tertiary alicyclic amines) is 2. The third kappa shape index (κ3) is 1.62. The monoisotopic (exact) mass is 182 g/mol. The standard InChI is InChI=1S/C11H22N2/c1-11(2,3)13-6-5-9-7-12(4)10(9)8-13/h9-10H,5-8H2,1-4H3. The molecular formula is C11H22N2. The second kappa shape index (κ2) is 2.96. The van der Waals surface area contributed by atoms with Crippen LogP contribution in [0.2, 0.25) is 0 Å². The largest absolute Gasteiger partial charge is 0.301 e. The Morgan fingerprint density at radius 3 is 2.38 bits per heavy atom. The van der Waals surface area contributed by atoms with Crippen LogP contribution in [0.4, 0.5) is 0 Å². The van der Waals surface area contributed by atoms with Crippen LogP contribution in [0.5, 0.6) is 0 Å². The number of fused-ring (bicyclic) bond motifs is 1. The molecule has 2 rings (SSSR count). The summed E-state index contributed by atoms with van der Waals surface area (Å²) in [6.45, 7) is 10.9. The second-order valence-electron chi connectivity index (χ2n) is 5.67. The van der Waals surface area contributed by atoms with Gasteiger partial charge in [0.2, 0.25) is 0 Å². The average molecular weight is 182 g/mol. The fourth-order valence-corrected chi connectivity index (χ4v) is 2.67. The van der Waals surface area contributed by atoms with E-state index < -0.39 is 0 Å². The highest BCUT2D eigenvalue weighted by Crippen LogP contribution is 2.33. The zero-order valence-electron chi connectivity index (χ0n) is 9.38. The Hall–Kier alpha value is -0.0800. The fourth-order valence-electron chi connectivity index (χ4n) is 2.67. The van der Waals surface area contributed by atoms with Crippen LogP contribution >= 0.6 is 0 Å². The molecule has 0 aromatic rings. The maximum Gasteiger partial charge on any atom is 0.0261 e. The molecule has 0 aromatic heterocycles. The maximum absolute atomic E-state index is 2.63. The van der Waals surface area contributed by atoms with Crippen LogP contribution in [-0.4, -0.2) is 48.1 Å². The van der Waals surface area contributed by atoms with Crippen molar-refractivity contribution in [3.63, 3.8) is 0 Å². The molecule has 2 atom stereocenters. The van der Waals surface area contributed by atoms with E-state index in [9.17, 15) is 0 Å². The summed E-state index contributed by atoms with van der Waals surface area (Å²) in [5, 5.41) is 0. The predicted molar refractivity (Wildman–Crippen MR) is 55.9 cm³/mol. The van der Waals surface area contributed by atoms with Gasteiger partial charge >= 0.3 is 0 Å². The molecule has 2 aliphatic rings. The summed E-state index contributed by atoms with van der Waals surface area (Å²) in [4.78, 5) is 5.13. The van der Waals surface area contributed by atoms with E-state index in [0.717, 1.165) is 12.0 Å². The predicted octanol–water partition coefficient (Wildman–Crippen LogP) is 1.42. The number of nitrogens with zero attached hydrogens (tertiary/aromatic N) is 2. The minimum atomic E-state index is 0.362. The van der Waals surface area contributed by atoms with Gasteiger partial charge in [-0.3, -0.25) is 4.90 Å². The lowest BCUT2D eigenvalue weighted by Gasteiger charge is -2.54. The zero-order chi connectivity index (χ0) is 9.64. The molecule has 13 heavy (non-hydrogen) atoms. The van der Waals surface area contributed by atoms with Gasteiger partial charge in [-0.05, 0) is 46.7 Å². The summed E-state index contributed by atoms with van der Waals surface area (Å²) >= 11 is 0. The number of hydrogen-bond acceptors (Lipinski definition) is 2. The molecule has 2 heteroatoms. The van der Waals surface area contributed by atoms with Gasteiger partial charge in [0, 0.05) is 24.7 Å². The molecular weight excluding hydrogens is 160 g/mol. The Morgan fingerprint density at radius 1 is 1.15 bits per heavy atom. The van der Waals surface area contributed by atoms with Crippen molar-refractivity contribution >= 4 is 0 Å². The van der Waals surface area contributed by atoms with Crippen molar-refractivity contribution in [1.29, 1.82) is 0 Å². The normalized spacial score (nSPS) is 36.9. The van der Waals surface area contributed by atoms with E-state index in [1.165, 1.54) is 26.1 Å². The van der Waals surface area contributed by atoms with Crippen LogP contribution < -0.4 is 0 Å². The molecule has 0 amide bonds. The maximum atomic E-state index is 2.63. The molecule has 0 radical (unpaired) electrons. The van der Waals surface area contributed by atoms with E-state index in [-0.39, 0.29) is 0 Å². The topological polar surface area (TPSA) is 6.48 Å². The third-order valence-electron chi connectivity index (χ3n) is 3.76. The first kappa shape index (κ1) is 9.47. The third-order valence-corrected chi connectivity index (χ3v) is 3.76. The first-order valence-corrected chi connectivity index (χ1v) is 5.44. The van der Waals surface area contributed by atoms with Gasteiger partial charge in [-0.2, -0.15) is 0 Å². The van der Waals surface area contributed by atoms with Gasteiger partial charge in [0.15, 0.2) is 0 Å². The van der Waals surface area contributed by atoms with E-state index in [1.807, 2.05) is 0 Å². The molecule has 0 aliphatic carbocycles. The fraction of sp³-hybridized carbons (Fsp3) is 1.00. The molecule has 2 fully saturated rings. The highest BCUT2D eigenvalue weighted by atomic mass is 15.3. The number of rotatable bonds is 0. The molecule has 2 aliphatic heterocycles. The Morgan fingerprint density at radius 2 is 1.85 bits per heavy atom. The van der Waals surface area contributed by atoms with Gasteiger partial charge in [0.1, 0.15) is 0 Å². The van der Waals surface area contributed by atoms with Gasteiger partial charge in [-0.15, -0.1) is 0 Å². The molecule has 76 valence electrons. The lowest BCUT2D eigenvalue weighted by molar-refractivity contribution is -0.0516. The molecule has 2 unspecified atom stereocenters. The Labute approximate surface area is 81.9 Å². The summed E-state index contributed by atoms with van der Waals surface area (Å²) in [7, 11) is 2.26. The van der Waals surface area contributed by atoms with Crippen molar-refractivity contribution in [2.75, 3.05) is 26.7 Å². The quantitative estimate of drug-likeness (QED) is 0.559. The zero-order valence-corrected chi connectivity index (χ0v) is 9.38. The Kier molecular flexibility index (Phi) is 2.16. The van der Waals surface area contributed by atoms with Crippen molar-refractivity contribution in [1.82, 2.24) is 9.80 Å². The van der Waals surface area contributed by atoms with Crippen molar-refractivity contribution < 1.29 is 0 Å². The summed E-state index contributed by atoms with van der Waals surface area (Å²) in [6.07, 6.45) is 1.41. The lowest BCUT2D eigenvalue weighted by Crippen LogP contribution is -2.64. The van der Waals surface area contributed by atoms with Crippen molar-refractivity contribution in [2.45, 2.75) is 38.8 Å². The minimum Gasteiger partial charge on any atom is -0.301 e. The number of hydrogen-bond donors (Lipinski definition) is 0. The van der Waals surface area contributed by atoms with Gasteiger partial charge in [-0.25, -0.2) is 0 Å². The summed E-state index contributed by atoms with van der Waals surface area (Å²) in [6, 6.07) is 0.855. The lowest BCUT2D eigenvalue weighted by atomic mass is 9.81. The van der Waals surface area contributed by atoms with E-state index in [0.29, 0.717) is 5.54 Å². The molecule has 0 bridgehead atoms. The summed E-state index contributed by atoms with van der Waals surface area (Å²) in [5.41, 5.74) is 0.362. The van der Waals surface area contributed by atoms with Crippen molar-refractivity contribution in [3.8, 4) is 0 Å². The van der Waals surface area contributed by atoms with E-state index in [4.69, 9.17) is 0 Å². The van der Waals surface area contributed by atoms with E-state index in [2.05, 4.69) is 37.6 Å². The average Bonchev–Trinajstić information content (AvgIpc) is 2.00. The van der Waals surface area contributed by atoms with Crippen molar-refractivity contribution in [3.05, 3.63) is 0 Å². The van der Waals surface area contributed by atoms with Gasteiger partial charge in [0.25, 0.3) is 0 Å². The molecule has 2 nitrogen and oxygen atoms in total. The highest BCUT2D eigenvalue weighted by Gasteiger charge is 2.42. The Bertz CT molecular complexity index is 195. The highest BCUT2D eigenvalue weighted by molar-refractivity contribution is 4.97. The van der Waals surface area contributed by atoms with E-state index in [1.54, 1.807) is 0 Å². The van der Waals surface area contributed by atoms with Gasteiger partial charge < -0.3 is 4.90 Å². The molecule has 0 N–H and O–H groups in total. The summed E-state index contributed by atoms with van der Waals surface area (Å²) in [5.74, 6) is 1.00. The van der Waals surface area contributed by atoms with Crippen LogP contribution in [0, 0.1) is 5.92 Å². The van der Waals surface area contributed by atoms with Crippen molar-refractivity contribution in [2.24, 2.45) is 5.92 Å². The first-order valence-electron chi connectivity index (χ1n) is 5.44. The van der Waals surface area contributed by atoms with Crippen LogP contribution in [0.3, 0.4) is 0 Å². The van der Waals surface area contributed by atoms with Crippen LogP contribution in [0.1, 0.15) is 27.2 Å². The Balaban J connectivity index is 1.96. The first-order chi connectivity index (χ1) is 5.98. The van der Waals surface area contributed by atoms with Gasteiger partial charge in [-0.1, -0.05) is 0 Å². The summed E-state index contributed by atoms with van der Waals surface area (Å²) < 4.78 is 0. The van der Waals surface area contributed by atoms with Gasteiger partial charge in [0.05, 0.1) is 0 Å². The van der Waals surface area contributed by atoms with Crippen LogP contribution in [0.25, 0.3) is 0 Å². The molecule has 0 saturated carbocycles. The second-order valence-corrected chi connectivity index (χ2v) is 5.67. The number of likely N-dealkylation sites (N-methyl/N-ethyl adjacent to an activating group) is 1. The minimum absolute atomic E-state index is 0.362. The molecule has 2 saturated heterocycles. The van der Waals surface area contributed by atoms with Crippen LogP contribution in [-0.2, 0) is 0 Å². The number of piperidine rings is 1. The van der Waals surface area contributed by atoms with E-state index >= 15 is 0 Å². The molecule has 0 aromatic carbocycles. The SMILES string of the molecule is CN1CC2CCN(C(C)(C)C)CC21. The molecule has 0 spiro atoms.